The molecule has 2 heterocycles. The van der Waals surface area contributed by atoms with Gasteiger partial charge in [-0.2, -0.15) is 5.10 Å². The molecule has 6 nitrogen and oxygen atoms in total. The minimum atomic E-state index is 0.0933. The summed E-state index contributed by atoms with van der Waals surface area (Å²) in [4.78, 5) is 11.9. The molecule has 0 radical (unpaired) electrons. The fourth-order valence-corrected chi connectivity index (χ4v) is 2.37. The minimum Gasteiger partial charge on any atom is -0.356 e. The van der Waals surface area contributed by atoms with Gasteiger partial charge in [-0.3, -0.25) is 4.79 Å². The average molecular weight is 289 g/mol. The summed E-state index contributed by atoms with van der Waals surface area (Å²) in [5, 5.41) is 15.3. The van der Waals surface area contributed by atoms with Gasteiger partial charge in [0.2, 0.25) is 5.91 Å². The first kappa shape index (κ1) is 15.4. The number of nitrogens with one attached hydrogen (secondary N) is 1. The number of fused-ring (bicyclic) bond motifs is 1. The fraction of sp³-hybridized carbons (Fsp3) is 0.600. The Kier molecular flexibility index (Phi) is 4.88. The molecule has 0 unspecified atom stereocenters. The van der Waals surface area contributed by atoms with Crippen molar-refractivity contribution in [2.45, 2.75) is 47.0 Å². The molecule has 21 heavy (non-hydrogen) atoms. The van der Waals surface area contributed by atoms with Gasteiger partial charge in [-0.05, 0) is 38.2 Å². The summed E-state index contributed by atoms with van der Waals surface area (Å²) in [5.74, 6) is 0.699. The van der Waals surface area contributed by atoms with Crippen molar-refractivity contribution in [1.29, 1.82) is 0 Å². The van der Waals surface area contributed by atoms with E-state index in [1.807, 2.05) is 13.8 Å². The molecule has 0 atom stereocenters. The zero-order valence-electron chi connectivity index (χ0n) is 13.2. The molecule has 2 aromatic heterocycles. The van der Waals surface area contributed by atoms with E-state index in [0.29, 0.717) is 18.8 Å². The van der Waals surface area contributed by atoms with Gasteiger partial charge in [-0.1, -0.05) is 13.8 Å². The van der Waals surface area contributed by atoms with Crippen molar-refractivity contribution >= 4 is 11.6 Å². The van der Waals surface area contributed by atoms with E-state index in [2.05, 4.69) is 34.5 Å². The monoisotopic (exact) mass is 289 g/mol. The third-order valence-corrected chi connectivity index (χ3v) is 3.66. The summed E-state index contributed by atoms with van der Waals surface area (Å²) < 4.78 is 1.68. The van der Waals surface area contributed by atoms with Crippen LogP contribution in [0.1, 0.15) is 43.5 Å². The van der Waals surface area contributed by atoms with E-state index in [4.69, 9.17) is 0 Å². The predicted octanol–water partition coefficient (Wildman–Crippen LogP) is 1.84. The standard InChI is InChI=1S/C15H23N5O/c1-10(2)7-8-16-14(21)6-5-13-11(3)15-18-17-9-20(15)19-12(13)4/h9-10H,5-8H2,1-4H3,(H,16,21). The van der Waals surface area contributed by atoms with Crippen LogP contribution in [-0.4, -0.2) is 32.3 Å². The number of aryl methyl sites for hydroxylation is 2. The number of nitrogens with zero attached hydrogens (tertiary/aromatic N) is 4. The molecule has 0 aromatic carbocycles. The number of carbonyl (C=O) groups excluding carboxylic acids is 1. The molecule has 2 aromatic rings. The third kappa shape index (κ3) is 3.77. The smallest absolute Gasteiger partial charge is 0.220 e. The molecule has 0 bridgehead atoms. The number of hydrogen-bond donors (Lipinski definition) is 1. The van der Waals surface area contributed by atoms with Gasteiger partial charge in [0, 0.05) is 18.5 Å². The highest BCUT2D eigenvalue weighted by Crippen LogP contribution is 2.17. The van der Waals surface area contributed by atoms with Crippen molar-refractivity contribution in [1.82, 2.24) is 25.1 Å². The quantitative estimate of drug-likeness (QED) is 0.880. The molecule has 2 rings (SSSR count). The Morgan fingerprint density at radius 1 is 1.38 bits per heavy atom. The van der Waals surface area contributed by atoms with Gasteiger partial charge in [0.1, 0.15) is 6.33 Å². The van der Waals surface area contributed by atoms with Crippen LogP contribution in [0.15, 0.2) is 6.33 Å². The highest BCUT2D eigenvalue weighted by atomic mass is 16.1. The van der Waals surface area contributed by atoms with Crippen LogP contribution in [0.4, 0.5) is 0 Å². The number of carbonyl (C=O) groups is 1. The molecular weight excluding hydrogens is 266 g/mol. The second kappa shape index (κ2) is 6.65. The minimum absolute atomic E-state index is 0.0933. The first-order valence-electron chi connectivity index (χ1n) is 7.41. The summed E-state index contributed by atoms with van der Waals surface area (Å²) in [6, 6.07) is 0. The second-order valence-corrected chi connectivity index (χ2v) is 5.82. The molecule has 0 fully saturated rings. The van der Waals surface area contributed by atoms with Crippen LogP contribution in [-0.2, 0) is 11.2 Å². The summed E-state index contributed by atoms with van der Waals surface area (Å²) >= 11 is 0. The van der Waals surface area contributed by atoms with Crippen molar-refractivity contribution in [3.63, 3.8) is 0 Å². The van der Waals surface area contributed by atoms with Crippen LogP contribution < -0.4 is 5.32 Å². The molecule has 1 amide bonds. The van der Waals surface area contributed by atoms with Crippen LogP contribution in [0.25, 0.3) is 5.65 Å². The van der Waals surface area contributed by atoms with Gasteiger partial charge in [0.25, 0.3) is 0 Å². The van der Waals surface area contributed by atoms with E-state index in [1.54, 1.807) is 10.8 Å². The fourth-order valence-electron chi connectivity index (χ4n) is 2.37. The summed E-state index contributed by atoms with van der Waals surface area (Å²) in [7, 11) is 0. The maximum absolute atomic E-state index is 11.9. The number of aromatic nitrogens is 4. The molecular formula is C15H23N5O. The lowest BCUT2D eigenvalue weighted by Crippen LogP contribution is -2.25. The Bertz CT molecular complexity index is 632. The van der Waals surface area contributed by atoms with Crippen molar-refractivity contribution in [3.8, 4) is 0 Å². The molecule has 0 aliphatic heterocycles. The van der Waals surface area contributed by atoms with E-state index >= 15 is 0 Å². The summed E-state index contributed by atoms with van der Waals surface area (Å²) in [6.45, 7) is 9.01. The molecule has 0 saturated carbocycles. The Hall–Kier alpha value is -1.98. The topological polar surface area (TPSA) is 72.2 Å². The lowest BCUT2D eigenvalue weighted by atomic mass is 10.0. The normalized spacial score (nSPS) is 11.3. The highest BCUT2D eigenvalue weighted by molar-refractivity contribution is 5.76. The summed E-state index contributed by atoms with van der Waals surface area (Å²) in [6.07, 6.45) is 3.77. The van der Waals surface area contributed by atoms with Crippen molar-refractivity contribution in [2.24, 2.45) is 5.92 Å². The van der Waals surface area contributed by atoms with Gasteiger partial charge in [-0.25, -0.2) is 4.52 Å². The first-order chi connectivity index (χ1) is 9.99. The SMILES string of the molecule is Cc1nn2cnnc2c(C)c1CCC(=O)NCCC(C)C. The van der Waals surface area contributed by atoms with E-state index in [-0.39, 0.29) is 5.91 Å². The van der Waals surface area contributed by atoms with Gasteiger partial charge in [0.05, 0.1) is 5.69 Å². The molecule has 1 N–H and O–H groups in total. The maximum atomic E-state index is 11.9. The summed E-state index contributed by atoms with van der Waals surface area (Å²) in [5.41, 5.74) is 3.83. The van der Waals surface area contributed by atoms with Crippen molar-refractivity contribution in [3.05, 3.63) is 23.1 Å². The van der Waals surface area contributed by atoms with E-state index < -0.39 is 0 Å². The van der Waals surface area contributed by atoms with Gasteiger partial charge in [0.15, 0.2) is 5.65 Å². The molecule has 0 aliphatic carbocycles. The predicted molar refractivity (Wildman–Crippen MR) is 81.0 cm³/mol. The third-order valence-electron chi connectivity index (χ3n) is 3.66. The Labute approximate surface area is 125 Å². The Morgan fingerprint density at radius 2 is 2.14 bits per heavy atom. The first-order valence-corrected chi connectivity index (χ1v) is 7.41. The van der Waals surface area contributed by atoms with Gasteiger partial charge < -0.3 is 5.32 Å². The molecule has 114 valence electrons. The lowest BCUT2D eigenvalue weighted by Gasteiger charge is -2.10. The van der Waals surface area contributed by atoms with E-state index in [1.165, 1.54) is 0 Å². The molecule has 0 aliphatic rings. The van der Waals surface area contributed by atoms with Crippen LogP contribution >= 0.6 is 0 Å². The number of hydrogen-bond acceptors (Lipinski definition) is 4. The van der Waals surface area contributed by atoms with Crippen LogP contribution in [0, 0.1) is 19.8 Å². The van der Waals surface area contributed by atoms with Crippen molar-refractivity contribution in [2.75, 3.05) is 6.54 Å². The number of amides is 1. The average Bonchev–Trinajstić information content (AvgIpc) is 2.86. The molecule has 6 heteroatoms. The van der Waals surface area contributed by atoms with Gasteiger partial charge in [-0.15, -0.1) is 10.2 Å². The highest BCUT2D eigenvalue weighted by Gasteiger charge is 2.12. The largest absolute Gasteiger partial charge is 0.356 e. The maximum Gasteiger partial charge on any atom is 0.220 e. The van der Waals surface area contributed by atoms with Crippen LogP contribution in [0.3, 0.4) is 0 Å². The Morgan fingerprint density at radius 3 is 2.86 bits per heavy atom. The van der Waals surface area contributed by atoms with Crippen LogP contribution in [0.2, 0.25) is 0 Å². The molecule has 0 spiro atoms. The zero-order valence-corrected chi connectivity index (χ0v) is 13.2. The van der Waals surface area contributed by atoms with Crippen LogP contribution in [0.5, 0.6) is 0 Å². The van der Waals surface area contributed by atoms with E-state index in [0.717, 1.165) is 35.4 Å². The molecule has 0 saturated heterocycles. The van der Waals surface area contributed by atoms with Gasteiger partial charge >= 0.3 is 0 Å². The number of rotatable bonds is 6. The lowest BCUT2D eigenvalue weighted by molar-refractivity contribution is -0.121. The Balaban J connectivity index is 1.98. The second-order valence-electron chi connectivity index (χ2n) is 5.82. The van der Waals surface area contributed by atoms with Crippen molar-refractivity contribution < 1.29 is 4.79 Å². The van der Waals surface area contributed by atoms with E-state index in [9.17, 15) is 4.79 Å². The zero-order chi connectivity index (χ0) is 15.4.